The van der Waals surface area contributed by atoms with Crippen molar-refractivity contribution in [2.75, 3.05) is 0 Å². The first kappa shape index (κ1) is 15.2. The van der Waals surface area contributed by atoms with Crippen molar-refractivity contribution in [3.05, 3.63) is 28.9 Å². The van der Waals surface area contributed by atoms with Crippen LogP contribution in [0.25, 0.3) is 22.3 Å². The number of ether oxygens (including phenoxy) is 1. The van der Waals surface area contributed by atoms with Gasteiger partial charge in [0.1, 0.15) is 5.60 Å². The van der Waals surface area contributed by atoms with Crippen molar-refractivity contribution in [1.29, 1.82) is 0 Å². The Morgan fingerprint density at radius 3 is 2.88 bits per heavy atom. The fourth-order valence-corrected chi connectivity index (χ4v) is 3.20. The van der Waals surface area contributed by atoms with Crippen LogP contribution >= 0.6 is 11.3 Å². The number of aliphatic hydroxyl groups is 1. The molecule has 0 spiro atoms. The van der Waals surface area contributed by atoms with E-state index in [9.17, 15) is 5.11 Å². The van der Waals surface area contributed by atoms with E-state index >= 15 is 0 Å². The van der Waals surface area contributed by atoms with Gasteiger partial charge in [-0.3, -0.25) is 0 Å². The van der Waals surface area contributed by atoms with Gasteiger partial charge < -0.3 is 14.4 Å². The largest absolute Gasteiger partial charge is 0.469 e. The smallest absolute Gasteiger partial charge is 0.259 e. The highest BCUT2D eigenvalue weighted by atomic mass is 32.1. The maximum Gasteiger partial charge on any atom is 0.259 e. The molecule has 4 rings (SSSR count). The Balaban J connectivity index is 1.67. The van der Waals surface area contributed by atoms with Crippen LogP contribution in [0.4, 0.5) is 0 Å². The highest BCUT2D eigenvalue weighted by Gasteiger charge is 2.36. The van der Waals surface area contributed by atoms with E-state index in [4.69, 9.17) is 9.26 Å². The molecule has 124 valence electrons. The number of aliphatic hydroxyl groups excluding tert-OH is 1. The van der Waals surface area contributed by atoms with Crippen LogP contribution in [0.3, 0.4) is 0 Å². The van der Waals surface area contributed by atoms with E-state index in [-0.39, 0.29) is 0 Å². The third-order valence-corrected chi connectivity index (χ3v) is 4.90. The fourth-order valence-electron chi connectivity index (χ4n) is 2.51. The molecule has 0 radical (unpaired) electrons. The fraction of sp³-hybridized carbons (Fsp3) is 0.375. The number of fused-ring (bicyclic) bond motifs is 1. The molecule has 8 heteroatoms. The van der Waals surface area contributed by atoms with Crippen molar-refractivity contribution in [1.82, 2.24) is 20.1 Å². The van der Waals surface area contributed by atoms with E-state index in [1.807, 2.05) is 26.8 Å². The lowest BCUT2D eigenvalue weighted by atomic mass is 9.92. The molecule has 0 unspecified atom stereocenters. The number of pyridine rings is 1. The minimum absolute atomic E-state index is 0.368. The van der Waals surface area contributed by atoms with Crippen LogP contribution in [0.5, 0.6) is 5.88 Å². The Bertz CT molecular complexity index is 902. The third-order valence-electron chi connectivity index (χ3n) is 3.99. The molecule has 0 fully saturated rings. The molecule has 3 aromatic heterocycles. The van der Waals surface area contributed by atoms with Gasteiger partial charge in [0.2, 0.25) is 11.7 Å². The second kappa shape index (κ2) is 5.35. The molecule has 7 nitrogen and oxygen atoms in total. The average Bonchev–Trinajstić information content (AvgIpc) is 3.16. The van der Waals surface area contributed by atoms with Gasteiger partial charge in [-0.05, 0) is 26.8 Å². The highest BCUT2D eigenvalue weighted by Crippen LogP contribution is 2.34. The summed E-state index contributed by atoms with van der Waals surface area (Å²) in [4.78, 5) is 14.1. The molecule has 0 saturated heterocycles. The topological polar surface area (TPSA) is 94.2 Å². The first-order valence-electron chi connectivity index (χ1n) is 7.55. The molecule has 1 aliphatic heterocycles. The van der Waals surface area contributed by atoms with Crippen LogP contribution in [-0.4, -0.2) is 36.9 Å². The molecule has 24 heavy (non-hydrogen) atoms. The molecule has 1 atom stereocenters. The van der Waals surface area contributed by atoms with Gasteiger partial charge in [0, 0.05) is 29.3 Å². The van der Waals surface area contributed by atoms with Crippen LogP contribution in [0.1, 0.15) is 24.3 Å². The van der Waals surface area contributed by atoms with Crippen molar-refractivity contribution in [3.63, 3.8) is 0 Å². The number of aromatic nitrogens is 4. The van der Waals surface area contributed by atoms with Crippen molar-refractivity contribution in [3.8, 4) is 28.2 Å². The zero-order valence-corrected chi connectivity index (χ0v) is 14.3. The summed E-state index contributed by atoms with van der Waals surface area (Å²) in [5.41, 5.74) is 0.863. The summed E-state index contributed by atoms with van der Waals surface area (Å²) in [6, 6.07) is 1.87. The van der Waals surface area contributed by atoms with E-state index in [2.05, 4.69) is 20.1 Å². The Labute approximate surface area is 142 Å². The summed E-state index contributed by atoms with van der Waals surface area (Å²) >= 11 is 1.51. The van der Waals surface area contributed by atoms with Gasteiger partial charge in [-0.1, -0.05) is 5.16 Å². The molecule has 0 bridgehead atoms. The summed E-state index contributed by atoms with van der Waals surface area (Å²) in [7, 11) is 0. The van der Waals surface area contributed by atoms with Gasteiger partial charge >= 0.3 is 0 Å². The first-order chi connectivity index (χ1) is 11.4. The SMILES string of the molecule is Cc1cnc(-c2noc(-c3cnc4c(c3)C[C@@H](O)C(C)(C)O4)n2)s1. The van der Waals surface area contributed by atoms with E-state index < -0.39 is 11.7 Å². The van der Waals surface area contributed by atoms with Gasteiger partial charge in [0.25, 0.3) is 5.89 Å². The number of aryl methyl sites for hydroxylation is 1. The molecule has 1 N–H and O–H groups in total. The van der Waals surface area contributed by atoms with Crippen molar-refractivity contribution < 1.29 is 14.4 Å². The van der Waals surface area contributed by atoms with Crippen molar-refractivity contribution in [2.24, 2.45) is 0 Å². The summed E-state index contributed by atoms with van der Waals surface area (Å²) < 4.78 is 11.1. The lowest BCUT2D eigenvalue weighted by Gasteiger charge is -2.36. The molecular formula is C16H16N4O3S. The van der Waals surface area contributed by atoms with Crippen LogP contribution in [0.15, 0.2) is 23.0 Å². The van der Waals surface area contributed by atoms with Crippen LogP contribution in [0, 0.1) is 6.92 Å². The molecule has 3 aromatic rings. The molecule has 0 aromatic carbocycles. The zero-order valence-electron chi connectivity index (χ0n) is 13.5. The standard InChI is InChI=1S/C16H16N4O3S/c1-8-6-18-15(24-8)12-19-14(23-20-12)10-4-9-5-11(21)16(2,3)22-13(9)17-7-10/h4,6-7,11,21H,5H2,1-3H3/t11-/m1/s1. The second-order valence-corrected chi connectivity index (χ2v) is 7.55. The van der Waals surface area contributed by atoms with E-state index in [1.54, 1.807) is 12.4 Å². The molecule has 0 amide bonds. The number of nitrogens with zero attached hydrogens (tertiary/aromatic N) is 4. The number of rotatable bonds is 2. The predicted molar refractivity (Wildman–Crippen MR) is 87.8 cm³/mol. The summed E-state index contributed by atoms with van der Waals surface area (Å²) in [5, 5.41) is 14.9. The number of hydrogen-bond donors (Lipinski definition) is 1. The van der Waals surface area contributed by atoms with Crippen molar-refractivity contribution >= 4 is 11.3 Å². The van der Waals surface area contributed by atoms with Gasteiger partial charge in [0.15, 0.2) is 5.01 Å². The maximum absolute atomic E-state index is 10.2. The Morgan fingerprint density at radius 1 is 1.29 bits per heavy atom. The zero-order chi connectivity index (χ0) is 16.9. The Kier molecular flexibility index (Phi) is 3.40. The Morgan fingerprint density at radius 2 is 2.12 bits per heavy atom. The van der Waals surface area contributed by atoms with Crippen molar-refractivity contribution in [2.45, 2.75) is 38.9 Å². The van der Waals surface area contributed by atoms with E-state index in [1.165, 1.54) is 11.3 Å². The predicted octanol–water partition coefficient (Wildman–Crippen LogP) is 2.64. The minimum atomic E-state index is -0.651. The number of hydrogen-bond acceptors (Lipinski definition) is 8. The van der Waals surface area contributed by atoms with Crippen LogP contribution in [0.2, 0.25) is 0 Å². The van der Waals surface area contributed by atoms with Crippen LogP contribution in [-0.2, 0) is 6.42 Å². The van der Waals surface area contributed by atoms with Gasteiger partial charge in [-0.15, -0.1) is 11.3 Å². The molecular weight excluding hydrogens is 328 g/mol. The molecule has 1 aliphatic rings. The van der Waals surface area contributed by atoms with Crippen LogP contribution < -0.4 is 4.74 Å². The van der Waals surface area contributed by atoms with E-state index in [0.717, 1.165) is 10.4 Å². The summed E-state index contributed by atoms with van der Waals surface area (Å²) in [6.45, 7) is 5.66. The second-order valence-electron chi connectivity index (χ2n) is 6.31. The average molecular weight is 344 g/mol. The third kappa shape index (κ3) is 2.57. The Hall–Kier alpha value is -2.32. The lowest BCUT2D eigenvalue weighted by molar-refractivity contribution is -0.0442. The minimum Gasteiger partial charge on any atom is -0.469 e. The quantitative estimate of drug-likeness (QED) is 0.763. The first-order valence-corrected chi connectivity index (χ1v) is 8.37. The van der Waals surface area contributed by atoms with Gasteiger partial charge in [-0.2, -0.15) is 4.98 Å². The lowest BCUT2D eigenvalue weighted by Crippen LogP contribution is -2.46. The highest BCUT2D eigenvalue weighted by molar-refractivity contribution is 7.14. The van der Waals surface area contributed by atoms with Gasteiger partial charge in [0.05, 0.1) is 11.7 Å². The molecule has 0 aliphatic carbocycles. The maximum atomic E-state index is 10.2. The molecule has 0 saturated carbocycles. The van der Waals surface area contributed by atoms with E-state index in [0.29, 0.717) is 34.6 Å². The summed E-state index contributed by atoms with van der Waals surface area (Å²) in [5.74, 6) is 1.36. The number of thiazole rings is 1. The monoisotopic (exact) mass is 344 g/mol. The molecule has 4 heterocycles. The summed E-state index contributed by atoms with van der Waals surface area (Å²) in [6.07, 6.45) is 3.28. The normalized spacial score (nSPS) is 18.9. The van der Waals surface area contributed by atoms with Gasteiger partial charge in [-0.25, -0.2) is 9.97 Å².